The quantitative estimate of drug-likeness (QED) is 0.930. The van der Waals surface area contributed by atoms with E-state index >= 15 is 0 Å². The molecule has 2 aromatic rings. The fraction of sp³-hybridized carbons (Fsp3) is 0.308. The fourth-order valence-corrected chi connectivity index (χ4v) is 2.28. The van der Waals surface area contributed by atoms with E-state index in [2.05, 4.69) is 11.9 Å². The van der Waals surface area contributed by atoms with Crippen molar-refractivity contribution in [3.8, 4) is 0 Å². The number of benzene rings is 1. The molecule has 0 spiro atoms. The fourth-order valence-electron chi connectivity index (χ4n) is 1.87. The number of aliphatic hydroxyl groups is 1. The van der Waals surface area contributed by atoms with Gasteiger partial charge in [-0.3, -0.25) is 0 Å². The maximum atomic E-state index is 10.4. The van der Waals surface area contributed by atoms with Gasteiger partial charge in [0.1, 0.15) is 11.9 Å². The van der Waals surface area contributed by atoms with Crippen LogP contribution in [-0.4, -0.2) is 14.7 Å². The van der Waals surface area contributed by atoms with Gasteiger partial charge in [0, 0.05) is 24.5 Å². The Morgan fingerprint density at radius 3 is 2.89 bits per heavy atom. The van der Waals surface area contributed by atoms with Crippen molar-refractivity contribution in [2.24, 2.45) is 0 Å². The first-order valence-electron chi connectivity index (χ1n) is 5.78. The number of nitrogens with zero attached hydrogens (tertiary/aromatic N) is 2. The Morgan fingerprint density at radius 2 is 2.17 bits per heavy atom. The molecule has 1 aromatic carbocycles. The molecule has 0 aliphatic carbocycles. The summed E-state index contributed by atoms with van der Waals surface area (Å²) in [6, 6.07) is 5.21. The minimum atomic E-state index is -0.863. The first-order chi connectivity index (χ1) is 8.65. The minimum absolute atomic E-state index is 0.373. The summed E-state index contributed by atoms with van der Waals surface area (Å²) in [6.45, 7) is 2.88. The maximum absolute atomic E-state index is 10.4. The monoisotopic (exact) mass is 284 g/mol. The molecule has 0 saturated carbocycles. The third-order valence-electron chi connectivity index (χ3n) is 2.73. The van der Waals surface area contributed by atoms with Crippen LogP contribution in [0.5, 0.6) is 0 Å². The molecular weight excluding hydrogens is 271 g/mol. The molecule has 0 aliphatic heterocycles. The van der Waals surface area contributed by atoms with E-state index in [1.165, 1.54) is 0 Å². The number of aliphatic hydroxyl groups excluding tert-OH is 1. The average molecular weight is 285 g/mol. The molecule has 1 N–H and O–H groups in total. The summed E-state index contributed by atoms with van der Waals surface area (Å²) in [4.78, 5) is 4.19. The highest BCUT2D eigenvalue weighted by atomic mass is 35.5. The minimum Gasteiger partial charge on any atom is -0.380 e. The molecule has 2 rings (SSSR count). The van der Waals surface area contributed by atoms with Gasteiger partial charge in [-0.05, 0) is 12.5 Å². The van der Waals surface area contributed by atoms with Crippen molar-refractivity contribution in [2.75, 3.05) is 0 Å². The molecule has 5 heteroatoms. The number of imidazole rings is 1. The van der Waals surface area contributed by atoms with Crippen molar-refractivity contribution in [3.05, 3.63) is 52.0 Å². The molecule has 0 bridgehead atoms. The third kappa shape index (κ3) is 2.53. The van der Waals surface area contributed by atoms with E-state index in [1.54, 1.807) is 24.4 Å². The summed E-state index contributed by atoms with van der Waals surface area (Å²) < 4.78 is 1.92. The number of hydrogen-bond acceptors (Lipinski definition) is 2. The lowest BCUT2D eigenvalue weighted by Gasteiger charge is -2.15. The van der Waals surface area contributed by atoms with E-state index < -0.39 is 6.10 Å². The second kappa shape index (κ2) is 5.74. The molecule has 1 heterocycles. The Labute approximate surface area is 116 Å². The first kappa shape index (κ1) is 13.4. The molecule has 1 unspecified atom stereocenters. The van der Waals surface area contributed by atoms with E-state index in [0.717, 1.165) is 13.0 Å². The molecule has 3 nitrogen and oxygen atoms in total. The smallest absolute Gasteiger partial charge is 0.142 e. The zero-order valence-electron chi connectivity index (χ0n) is 9.98. The Balaban J connectivity index is 2.38. The standard InChI is InChI=1S/C13H14Cl2N2O/c1-2-7-17-8-6-16-13(17)12(18)9-4-3-5-10(14)11(9)15/h3-6,8,12,18H,2,7H2,1H3. The van der Waals surface area contributed by atoms with Gasteiger partial charge in [-0.25, -0.2) is 4.98 Å². The van der Waals surface area contributed by atoms with Gasteiger partial charge in [0.15, 0.2) is 0 Å². The summed E-state index contributed by atoms with van der Waals surface area (Å²) in [6.07, 6.45) is 3.63. The van der Waals surface area contributed by atoms with Crippen LogP contribution in [0.25, 0.3) is 0 Å². The number of halogens is 2. The maximum Gasteiger partial charge on any atom is 0.142 e. The third-order valence-corrected chi connectivity index (χ3v) is 3.57. The number of hydrogen-bond donors (Lipinski definition) is 1. The SMILES string of the molecule is CCCn1ccnc1C(O)c1cccc(Cl)c1Cl. The van der Waals surface area contributed by atoms with Gasteiger partial charge in [0.05, 0.1) is 10.0 Å². The molecule has 0 saturated heterocycles. The summed E-state index contributed by atoms with van der Waals surface area (Å²) >= 11 is 12.1. The van der Waals surface area contributed by atoms with Crippen molar-refractivity contribution in [1.29, 1.82) is 0 Å². The van der Waals surface area contributed by atoms with Gasteiger partial charge in [-0.15, -0.1) is 0 Å². The predicted molar refractivity (Wildman–Crippen MR) is 73.0 cm³/mol. The molecule has 0 fully saturated rings. The zero-order chi connectivity index (χ0) is 13.1. The summed E-state index contributed by atoms with van der Waals surface area (Å²) in [5, 5.41) is 11.2. The van der Waals surface area contributed by atoms with Crippen LogP contribution >= 0.6 is 23.2 Å². The Morgan fingerprint density at radius 1 is 1.39 bits per heavy atom. The predicted octanol–water partition coefficient (Wildman–Crippen LogP) is 3.68. The highest BCUT2D eigenvalue weighted by Gasteiger charge is 2.19. The highest BCUT2D eigenvalue weighted by molar-refractivity contribution is 6.42. The van der Waals surface area contributed by atoms with Crippen LogP contribution in [-0.2, 0) is 6.54 Å². The van der Waals surface area contributed by atoms with E-state index in [-0.39, 0.29) is 0 Å². The molecule has 1 aromatic heterocycles. The Hall–Kier alpha value is -1.03. The van der Waals surface area contributed by atoms with Crippen LogP contribution in [0.2, 0.25) is 10.0 Å². The molecule has 0 amide bonds. The van der Waals surface area contributed by atoms with E-state index in [4.69, 9.17) is 23.2 Å². The van der Waals surface area contributed by atoms with Gasteiger partial charge < -0.3 is 9.67 Å². The summed E-state index contributed by atoms with van der Waals surface area (Å²) in [5.74, 6) is 0.584. The lowest BCUT2D eigenvalue weighted by molar-refractivity contribution is 0.204. The van der Waals surface area contributed by atoms with Gasteiger partial charge >= 0.3 is 0 Å². The molecular formula is C13H14Cl2N2O. The van der Waals surface area contributed by atoms with Gasteiger partial charge in [0.2, 0.25) is 0 Å². The number of rotatable bonds is 4. The van der Waals surface area contributed by atoms with Gasteiger partial charge in [-0.1, -0.05) is 42.3 Å². The number of aryl methyl sites for hydroxylation is 1. The topological polar surface area (TPSA) is 38.0 Å². The van der Waals surface area contributed by atoms with Gasteiger partial charge in [-0.2, -0.15) is 0 Å². The molecule has 18 heavy (non-hydrogen) atoms. The summed E-state index contributed by atoms with van der Waals surface area (Å²) in [7, 11) is 0. The molecule has 1 atom stereocenters. The van der Waals surface area contributed by atoms with Crippen LogP contribution in [0.15, 0.2) is 30.6 Å². The van der Waals surface area contributed by atoms with E-state index in [1.807, 2.05) is 10.8 Å². The second-order valence-corrected chi connectivity index (χ2v) is 4.81. The summed E-state index contributed by atoms with van der Waals surface area (Å²) in [5.41, 5.74) is 0.577. The average Bonchev–Trinajstić information content (AvgIpc) is 2.80. The zero-order valence-corrected chi connectivity index (χ0v) is 11.5. The second-order valence-electron chi connectivity index (χ2n) is 4.02. The van der Waals surface area contributed by atoms with E-state index in [9.17, 15) is 5.11 Å². The van der Waals surface area contributed by atoms with Crippen molar-refractivity contribution >= 4 is 23.2 Å². The number of aromatic nitrogens is 2. The normalized spacial score (nSPS) is 12.7. The molecule has 0 radical (unpaired) electrons. The lowest BCUT2D eigenvalue weighted by atomic mass is 10.1. The van der Waals surface area contributed by atoms with Crippen molar-refractivity contribution in [1.82, 2.24) is 9.55 Å². The lowest BCUT2D eigenvalue weighted by Crippen LogP contribution is -2.10. The Bertz CT molecular complexity index is 540. The first-order valence-corrected chi connectivity index (χ1v) is 6.53. The van der Waals surface area contributed by atoms with Crippen LogP contribution in [0.3, 0.4) is 0 Å². The van der Waals surface area contributed by atoms with E-state index in [0.29, 0.717) is 21.4 Å². The van der Waals surface area contributed by atoms with Crippen molar-refractivity contribution in [3.63, 3.8) is 0 Å². The highest BCUT2D eigenvalue weighted by Crippen LogP contribution is 2.32. The molecule has 0 aliphatic rings. The van der Waals surface area contributed by atoms with Crippen LogP contribution in [0.4, 0.5) is 0 Å². The largest absolute Gasteiger partial charge is 0.380 e. The van der Waals surface area contributed by atoms with Crippen LogP contribution in [0, 0.1) is 0 Å². The van der Waals surface area contributed by atoms with Crippen LogP contribution in [0.1, 0.15) is 30.8 Å². The van der Waals surface area contributed by atoms with Gasteiger partial charge in [0.25, 0.3) is 0 Å². The van der Waals surface area contributed by atoms with Crippen molar-refractivity contribution in [2.45, 2.75) is 26.0 Å². The molecule has 96 valence electrons. The van der Waals surface area contributed by atoms with Crippen LogP contribution < -0.4 is 0 Å². The van der Waals surface area contributed by atoms with Crippen molar-refractivity contribution < 1.29 is 5.11 Å². The Kier molecular flexibility index (Phi) is 4.27.